The highest BCUT2D eigenvalue weighted by atomic mass is 19.3. The predicted octanol–water partition coefficient (Wildman–Crippen LogP) is 1.05. The van der Waals surface area contributed by atoms with Gasteiger partial charge in [-0.25, -0.2) is 13.6 Å². The van der Waals surface area contributed by atoms with E-state index >= 15 is 0 Å². The zero-order valence-corrected chi connectivity index (χ0v) is 5.24. The SMILES string of the molecule is O=C(O)C1(C(F)F)C=CN=N1. The smallest absolute Gasteiger partial charge is 0.343 e. The van der Waals surface area contributed by atoms with Crippen molar-refractivity contribution in [3.05, 3.63) is 12.3 Å². The Hall–Kier alpha value is -1.33. The van der Waals surface area contributed by atoms with Crippen molar-refractivity contribution in [2.75, 3.05) is 0 Å². The number of nitrogens with zero attached hydrogens (tertiary/aromatic N) is 2. The molecule has 0 saturated carbocycles. The average Bonchev–Trinajstić information content (AvgIpc) is 2.34. The fourth-order valence-electron chi connectivity index (χ4n) is 0.633. The number of aliphatic carboxylic acids is 1. The van der Waals surface area contributed by atoms with Gasteiger partial charge in [0.15, 0.2) is 0 Å². The Morgan fingerprint density at radius 3 is 2.45 bits per heavy atom. The monoisotopic (exact) mass is 162 g/mol. The number of halogens is 2. The summed E-state index contributed by atoms with van der Waals surface area (Å²) in [7, 11) is 0. The van der Waals surface area contributed by atoms with Crippen LogP contribution < -0.4 is 0 Å². The van der Waals surface area contributed by atoms with Gasteiger partial charge in [-0.3, -0.25) is 0 Å². The molecule has 0 aromatic heterocycles. The zero-order valence-electron chi connectivity index (χ0n) is 5.24. The highest BCUT2D eigenvalue weighted by Gasteiger charge is 2.48. The Kier molecular flexibility index (Phi) is 1.67. The van der Waals surface area contributed by atoms with Crippen molar-refractivity contribution >= 4 is 5.97 Å². The minimum absolute atomic E-state index is 0.764. The van der Waals surface area contributed by atoms with Crippen LogP contribution in [0.25, 0.3) is 0 Å². The molecule has 1 aliphatic heterocycles. The van der Waals surface area contributed by atoms with Crippen LogP contribution in [-0.4, -0.2) is 23.0 Å². The van der Waals surface area contributed by atoms with E-state index in [0.29, 0.717) is 0 Å². The summed E-state index contributed by atoms with van der Waals surface area (Å²) in [5.74, 6) is -1.69. The van der Waals surface area contributed by atoms with E-state index in [4.69, 9.17) is 5.11 Å². The molecule has 11 heavy (non-hydrogen) atoms. The number of carbonyl (C=O) groups is 1. The summed E-state index contributed by atoms with van der Waals surface area (Å²) in [6.07, 6.45) is -1.36. The Morgan fingerprint density at radius 2 is 2.27 bits per heavy atom. The predicted molar refractivity (Wildman–Crippen MR) is 30.4 cm³/mol. The first-order valence-corrected chi connectivity index (χ1v) is 2.71. The number of carboxylic acids is 1. The summed E-state index contributed by atoms with van der Waals surface area (Å²) in [6.45, 7) is 0. The summed E-state index contributed by atoms with van der Waals surface area (Å²) in [5.41, 5.74) is -2.44. The molecular weight excluding hydrogens is 158 g/mol. The van der Waals surface area contributed by atoms with E-state index in [1.165, 1.54) is 0 Å². The van der Waals surface area contributed by atoms with Crippen molar-refractivity contribution in [3.8, 4) is 0 Å². The first-order chi connectivity index (χ1) is 5.09. The van der Waals surface area contributed by atoms with Crippen LogP contribution in [0.3, 0.4) is 0 Å². The largest absolute Gasteiger partial charge is 0.479 e. The van der Waals surface area contributed by atoms with Gasteiger partial charge in [-0.05, 0) is 6.08 Å². The van der Waals surface area contributed by atoms with Crippen LogP contribution in [-0.2, 0) is 4.79 Å². The maximum absolute atomic E-state index is 12.1. The molecule has 1 unspecified atom stereocenters. The van der Waals surface area contributed by atoms with E-state index in [2.05, 4.69) is 10.2 Å². The van der Waals surface area contributed by atoms with Crippen LogP contribution in [0.4, 0.5) is 8.78 Å². The lowest BCUT2D eigenvalue weighted by Gasteiger charge is -2.14. The molecule has 0 radical (unpaired) electrons. The van der Waals surface area contributed by atoms with Crippen molar-refractivity contribution in [1.29, 1.82) is 0 Å². The third-order valence-electron chi connectivity index (χ3n) is 1.29. The second-order valence-corrected chi connectivity index (χ2v) is 1.96. The van der Waals surface area contributed by atoms with Gasteiger partial charge in [0.1, 0.15) is 0 Å². The molecule has 6 heteroatoms. The van der Waals surface area contributed by atoms with Gasteiger partial charge in [0, 0.05) is 6.20 Å². The van der Waals surface area contributed by atoms with Crippen LogP contribution in [0.1, 0.15) is 0 Å². The molecule has 1 atom stereocenters. The van der Waals surface area contributed by atoms with Crippen molar-refractivity contribution in [2.45, 2.75) is 12.0 Å². The van der Waals surface area contributed by atoms with Gasteiger partial charge in [-0.15, -0.1) is 0 Å². The summed E-state index contributed by atoms with van der Waals surface area (Å²) < 4.78 is 24.1. The fraction of sp³-hybridized carbons (Fsp3) is 0.400. The maximum Gasteiger partial charge on any atom is 0.343 e. The van der Waals surface area contributed by atoms with Gasteiger partial charge in [0.25, 0.3) is 12.0 Å². The van der Waals surface area contributed by atoms with Crippen LogP contribution in [0.15, 0.2) is 22.5 Å². The molecule has 1 N–H and O–H groups in total. The molecule has 0 aromatic rings. The Bertz CT molecular complexity index is 225. The average molecular weight is 162 g/mol. The molecule has 1 rings (SSSR count). The number of alkyl halides is 2. The van der Waals surface area contributed by atoms with Crippen LogP contribution >= 0.6 is 0 Å². The molecule has 0 saturated heterocycles. The molecule has 0 spiro atoms. The summed E-state index contributed by atoms with van der Waals surface area (Å²) in [6, 6.07) is 0. The molecule has 1 aliphatic rings. The quantitative estimate of drug-likeness (QED) is 0.659. The van der Waals surface area contributed by atoms with E-state index in [9.17, 15) is 13.6 Å². The molecule has 0 aromatic carbocycles. The topological polar surface area (TPSA) is 62.0 Å². The number of azo groups is 1. The van der Waals surface area contributed by atoms with Crippen molar-refractivity contribution in [1.82, 2.24) is 0 Å². The molecule has 60 valence electrons. The second kappa shape index (κ2) is 2.37. The molecule has 0 amide bonds. The highest BCUT2D eigenvalue weighted by Crippen LogP contribution is 2.27. The number of carboxylic acid groups (broad SMARTS) is 1. The summed E-state index contributed by atoms with van der Waals surface area (Å²) >= 11 is 0. The van der Waals surface area contributed by atoms with Crippen molar-refractivity contribution in [3.63, 3.8) is 0 Å². The first-order valence-electron chi connectivity index (χ1n) is 2.71. The van der Waals surface area contributed by atoms with Gasteiger partial charge in [0.05, 0.1) is 0 Å². The summed E-state index contributed by atoms with van der Waals surface area (Å²) in [5, 5.41) is 14.3. The Labute approximate surface area is 60.2 Å². The second-order valence-electron chi connectivity index (χ2n) is 1.96. The van der Waals surface area contributed by atoms with Crippen LogP contribution in [0.5, 0.6) is 0 Å². The molecule has 0 bridgehead atoms. The molecule has 0 fully saturated rings. The molecule has 4 nitrogen and oxygen atoms in total. The third kappa shape index (κ3) is 0.997. The number of rotatable bonds is 2. The van der Waals surface area contributed by atoms with E-state index in [1.54, 1.807) is 0 Å². The minimum Gasteiger partial charge on any atom is -0.479 e. The third-order valence-corrected chi connectivity index (χ3v) is 1.29. The summed E-state index contributed by atoms with van der Waals surface area (Å²) in [4.78, 5) is 10.3. The number of hydrogen-bond acceptors (Lipinski definition) is 3. The highest BCUT2D eigenvalue weighted by molar-refractivity contribution is 5.82. The van der Waals surface area contributed by atoms with Gasteiger partial charge in [0.2, 0.25) is 0 Å². The standard InChI is InChI=1S/C5H4F2N2O2/c6-3(7)5(4(10)11)1-2-8-9-5/h1-3H,(H,10,11). The van der Waals surface area contributed by atoms with E-state index < -0.39 is 17.9 Å². The van der Waals surface area contributed by atoms with E-state index in [-0.39, 0.29) is 0 Å². The van der Waals surface area contributed by atoms with E-state index in [0.717, 1.165) is 12.3 Å². The normalized spacial score (nSPS) is 28.3. The lowest BCUT2D eigenvalue weighted by molar-refractivity contribution is -0.146. The fourth-order valence-corrected chi connectivity index (χ4v) is 0.633. The van der Waals surface area contributed by atoms with Gasteiger partial charge < -0.3 is 5.11 Å². The van der Waals surface area contributed by atoms with Gasteiger partial charge in [-0.2, -0.15) is 10.2 Å². The lowest BCUT2D eigenvalue weighted by atomic mass is 10.0. The Balaban J connectivity index is 2.99. The minimum atomic E-state index is -3.07. The molecule has 1 heterocycles. The van der Waals surface area contributed by atoms with Crippen LogP contribution in [0, 0.1) is 0 Å². The van der Waals surface area contributed by atoms with Gasteiger partial charge in [-0.1, -0.05) is 0 Å². The molecular formula is C5H4F2N2O2. The maximum atomic E-state index is 12.1. The molecule has 0 aliphatic carbocycles. The first kappa shape index (κ1) is 7.77. The van der Waals surface area contributed by atoms with Crippen molar-refractivity contribution in [2.24, 2.45) is 10.2 Å². The zero-order chi connectivity index (χ0) is 8.48. The van der Waals surface area contributed by atoms with Crippen molar-refractivity contribution < 1.29 is 18.7 Å². The Morgan fingerprint density at radius 1 is 1.64 bits per heavy atom. The van der Waals surface area contributed by atoms with E-state index in [1.807, 2.05) is 0 Å². The van der Waals surface area contributed by atoms with Gasteiger partial charge >= 0.3 is 5.97 Å². The van der Waals surface area contributed by atoms with Crippen LogP contribution in [0.2, 0.25) is 0 Å². The lowest BCUT2D eigenvalue weighted by Crippen LogP contribution is -2.40. The number of hydrogen-bond donors (Lipinski definition) is 1.